The van der Waals surface area contributed by atoms with E-state index < -0.39 is 0 Å². The van der Waals surface area contributed by atoms with Crippen LogP contribution in [0.25, 0.3) is 0 Å². The lowest BCUT2D eigenvalue weighted by molar-refractivity contribution is 0.0994. The summed E-state index contributed by atoms with van der Waals surface area (Å²) in [6.45, 7) is 4.64. The smallest absolute Gasteiger partial charge is 0.192 e. The van der Waals surface area contributed by atoms with E-state index >= 15 is 0 Å². The zero-order chi connectivity index (χ0) is 18.8. The van der Waals surface area contributed by atoms with Crippen LogP contribution in [0.1, 0.15) is 60.1 Å². The van der Waals surface area contributed by atoms with Crippen molar-refractivity contribution in [1.29, 1.82) is 0 Å². The third-order valence-corrected chi connectivity index (χ3v) is 5.96. The summed E-state index contributed by atoms with van der Waals surface area (Å²) in [7, 11) is 0. The molecule has 0 amide bonds. The molecule has 3 aromatic rings. The first kappa shape index (κ1) is 18.0. The summed E-state index contributed by atoms with van der Waals surface area (Å²) in [5.41, 5.74) is 1.98. The Morgan fingerprint density at radius 2 is 2.04 bits per heavy atom. The number of aryl methyl sites for hydroxylation is 1. The lowest BCUT2D eigenvalue weighted by Crippen LogP contribution is -2.15. The molecule has 0 radical (unpaired) electrons. The van der Waals surface area contributed by atoms with Gasteiger partial charge in [-0.3, -0.25) is 9.36 Å². The van der Waals surface area contributed by atoms with Crippen molar-refractivity contribution in [2.24, 2.45) is 0 Å². The fraction of sp³-hybridized carbons (Fsp3) is 0.381. The van der Waals surface area contributed by atoms with Gasteiger partial charge in [0.1, 0.15) is 11.6 Å². The molecule has 4 rings (SSSR count). The molecule has 6 heteroatoms. The van der Waals surface area contributed by atoms with Crippen LogP contribution in [0.4, 0.5) is 0 Å². The van der Waals surface area contributed by atoms with E-state index in [4.69, 9.17) is 4.42 Å². The molecule has 0 N–H and O–H groups in total. The number of rotatable bonds is 8. The first-order valence-corrected chi connectivity index (χ1v) is 10.3. The molecular formula is C21H23N3O2S. The highest BCUT2D eigenvalue weighted by Crippen LogP contribution is 2.40. The average molecular weight is 382 g/mol. The van der Waals surface area contributed by atoms with E-state index in [0.29, 0.717) is 12.5 Å². The molecule has 1 atom stereocenters. The van der Waals surface area contributed by atoms with Gasteiger partial charge in [-0.1, -0.05) is 43.0 Å². The van der Waals surface area contributed by atoms with Gasteiger partial charge in [0.15, 0.2) is 10.9 Å². The number of thioether (sulfide) groups is 1. The first-order chi connectivity index (χ1) is 13.2. The minimum absolute atomic E-state index is 0.114. The molecule has 1 saturated carbocycles. The summed E-state index contributed by atoms with van der Waals surface area (Å²) in [5, 5.41) is 9.33. The lowest BCUT2D eigenvalue weighted by Gasteiger charge is -2.12. The van der Waals surface area contributed by atoms with E-state index in [2.05, 4.69) is 21.7 Å². The summed E-state index contributed by atoms with van der Waals surface area (Å²) in [6.07, 6.45) is 4.95. The van der Waals surface area contributed by atoms with Gasteiger partial charge in [0.05, 0.1) is 18.1 Å². The Bertz CT molecular complexity index is 912. The van der Waals surface area contributed by atoms with Gasteiger partial charge in [-0.15, -0.1) is 10.2 Å². The second-order valence-electron chi connectivity index (χ2n) is 6.96. The summed E-state index contributed by atoms with van der Waals surface area (Å²) in [5.74, 6) is 2.46. The number of Topliss-reactive ketones (excluding diaryl/α,β-unsaturated/α-hetero) is 1. The number of furan rings is 1. The Hall–Kier alpha value is -2.34. The van der Waals surface area contributed by atoms with Crippen LogP contribution in [0.5, 0.6) is 0 Å². The standard InChI is InChI=1S/C21H23N3O2S/c1-3-15-6-8-16(9-7-15)19(25)14(2)27-21-23-22-20(17-10-11-17)24(21)13-18-5-4-12-26-18/h4-9,12,14,17H,3,10-11,13H2,1-2H3. The summed E-state index contributed by atoms with van der Waals surface area (Å²) in [4.78, 5) is 12.8. The van der Waals surface area contributed by atoms with Gasteiger partial charge < -0.3 is 4.42 Å². The molecule has 2 aromatic heterocycles. The second-order valence-corrected chi connectivity index (χ2v) is 8.26. The molecule has 27 heavy (non-hydrogen) atoms. The van der Waals surface area contributed by atoms with Crippen molar-refractivity contribution in [2.75, 3.05) is 0 Å². The predicted octanol–water partition coefficient (Wildman–Crippen LogP) is 4.72. The second kappa shape index (κ2) is 7.72. The summed E-state index contributed by atoms with van der Waals surface area (Å²) < 4.78 is 7.61. The van der Waals surface area contributed by atoms with Gasteiger partial charge in [-0.25, -0.2) is 0 Å². The van der Waals surface area contributed by atoms with Gasteiger partial charge in [0, 0.05) is 11.5 Å². The monoisotopic (exact) mass is 381 g/mol. The maximum Gasteiger partial charge on any atom is 0.192 e. The molecule has 0 saturated heterocycles. The van der Waals surface area contributed by atoms with Gasteiger partial charge in [0.25, 0.3) is 0 Å². The van der Waals surface area contributed by atoms with Crippen LogP contribution in [0.3, 0.4) is 0 Å². The van der Waals surface area contributed by atoms with Crippen LogP contribution in [-0.4, -0.2) is 25.8 Å². The normalized spacial score (nSPS) is 15.0. The number of hydrogen-bond donors (Lipinski definition) is 0. The van der Waals surface area contributed by atoms with Crippen molar-refractivity contribution < 1.29 is 9.21 Å². The molecule has 1 fully saturated rings. The van der Waals surface area contributed by atoms with Gasteiger partial charge in [-0.05, 0) is 43.9 Å². The Kier molecular flexibility index (Phi) is 5.16. The molecule has 140 valence electrons. The lowest BCUT2D eigenvalue weighted by atomic mass is 10.1. The van der Waals surface area contributed by atoms with E-state index in [1.165, 1.54) is 17.3 Å². The first-order valence-electron chi connectivity index (χ1n) is 9.41. The van der Waals surface area contributed by atoms with E-state index in [1.54, 1.807) is 6.26 Å². The summed E-state index contributed by atoms with van der Waals surface area (Å²) >= 11 is 1.47. The minimum atomic E-state index is -0.232. The van der Waals surface area contributed by atoms with Gasteiger partial charge in [-0.2, -0.15) is 0 Å². The van der Waals surface area contributed by atoms with Gasteiger partial charge in [0.2, 0.25) is 0 Å². The number of carbonyl (C=O) groups excluding carboxylic acids is 1. The fourth-order valence-corrected chi connectivity index (χ4v) is 4.02. The molecule has 1 aliphatic carbocycles. The number of nitrogens with zero attached hydrogens (tertiary/aromatic N) is 3. The van der Waals surface area contributed by atoms with Crippen LogP contribution in [0.2, 0.25) is 0 Å². The highest BCUT2D eigenvalue weighted by molar-refractivity contribution is 8.00. The largest absolute Gasteiger partial charge is 0.467 e. The van der Waals surface area contributed by atoms with Crippen molar-refractivity contribution in [3.8, 4) is 0 Å². The molecule has 1 aliphatic rings. The van der Waals surface area contributed by atoms with E-state index in [9.17, 15) is 4.79 Å². The molecule has 1 unspecified atom stereocenters. The molecular weight excluding hydrogens is 358 g/mol. The zero-order valence-corrected chi connectivity index (χ0v) is 16.4. The Morgan fingerprint density at radius 3 is 2.67 bits per heavy atom. The van der Waals surface area contributed by atoms with Crippen LogP contribution in [0.15, 0.2) is 52.2 Å². The maximum atomic E-state index is 12.8. The topological polar surface area (TPSA) is 60.9 Å². The Labute approximate surface area is 163 Å². The summed E-state index contributed by atoms with van der Waals surface area (Å²) in [6, 6.07) is 11.7. The number of carbonyl (C=O) groups is 1. The highest BCUT2D eigenvalue weighted by Gasteiger charge is 2.31. The molecule has 0 spiro atoms. The number of hydrogen-bond acceptors (Lipinski definition) is 5. The number of ketones is 1. The van der Waals surface area contributed by atoms with Crippen molar-refractivity contribution in [1.82, 2.24) is 14.8 Å². The van der Waals surface area contributed by atoms with Crippen LogP contribution >= 0.6 is 11.8 Å². The van der Waals surface area contributed by atoms with Crippen LogP contribution < -0.4 is 0 Å². The minimum Gasteiger partial charge on any atom is -0.467 e. The molecule has 1 aromatic carbocycles. The number of benzene rings is 1. The van der Waals surface area contributed by atoms with Crippen molar-refractivity contribution in [3.63, 3.8) is 0 Å². The molecule has 0 aliphatic heterocycles. The Morgan fingerprint density at radius 1 is 1.26 bits per heavy atom. The molecule has 5 nitrogen and oxygen atoms in total. The van der Waals surface area contributed by atoms with E-state index in [1.807, 2.05) is 43.3 Å². The predicted molar refractivity (Wildman–Crippen MR) is 105 cm³/mol. The highest BCUT2D eigenvalue weighted by atomic mass is 32.2. The van der Waals surface area contributed by atoms with Gasteiger partial charge >= 0.3 is 0 Å². The third kappa shape index (κ3) is 4.00. The van der Waals surface area contributed by atoms with Crippen molar-refractivity contribution in [2.45, 2.75) is 56.0 Å². The quantitative estimate of drug-likeness (QED) is 0.417. The third-order valence-electron chi connectivity index (χ3n) is 4.88. The fourth-order valence-electron chi connectivity index (χ4n) is 3.09. The maximum absolute atomic E-state index is 12.8. The molecule has 2 heterocycles. The van der Waals surface area contributed by atoms with Crippen LogP contribution in [0, 0.1) is 0 Å². The molecule has 0 bridgehead atoms. The van der Waals surface area contributed by atoms with Crippen LogP contribution in [-0.2, 0) is 13.0 Å². The zero-order valence-electron chi connectivity index (χ0n) is 15.6. The average Bonchev–Trinajstić information content (AvgIpc) is 3.27. The Balaban J connectivity index is 1.53. The SMILES string of the molecule is CCc1ccc(C(=O)C(C)Sc2nnc(C3CC3)n2Cc2ccco2)cc1. The van der Waals surface area contributed by atoms with E-state index in [0.717, 1.165) is 41.6 Å². The number of aromatic nitrogens is 3. The van der Waals surface area contributed by atoms with E-state index in [-0.39, 0.29) is 11.0 Å². The van der Waals surface area contributed by atoms with Crippen molar-refractivity contribution in [3.05, 3.63) is 65.4 Å². The van der Waals surface area contributed by atoms with Crippen molar-refractivity contribution >= 4 is 17.5 Å².